The fourth-order valence-electron chi connectivity index (χ4n) is 0.618. The van der Waals surface area contributed by atoms with Crippen LogP contribution in [0, 0.1) is 0 Å². The maximum absolute atomic E-state index is 4.18. The summed E-state index contributed by atoms with van der Waals surface area (Å²) in [5, 5.41) is 0. The predicted octanol–water partition coefficient (Wildman–Crippen LogP) is 3.11. The monoisotopic (exact) mass is 149 g/mol. The summed E-state index contributed by atoms with van der Waals surface area (Å²) < 4.78 is 0. The highest BCUT2D eigenvalue weighted by atomic mass is 14.7. The fraction of sp³-hybridized carbons (Fsp3) is 0.300. The van der Waals surface area contributed by atoms with Gasteiger partial charge in [-0.1, -0.05) is 18.7 Å². The highest BCUT2D eigenvalue weighted by Gasteiger charge is 1.91. The molecule has 0 fully saturated rings. The summed E-state index contributed by atoms with van der Waals surface area (Å²) in [5.74, 6) is 0. The van der Waals surface area contributed by atoms with Crippen molar-refractivity contribution in [2.75, 3.05) is 0 Å². The van der Waals surface area contributed by atoms with Crippen LogP contribution in [0.15, 0.2) is 41.6 Å². The van der Waals surface area contributed by atoms with Gasteiger partial charge in [-0.3, -0.25) is 4.99 Å². The number of rotatable bonds is 3. The zero-order valence-corrected chi connectivity index (χ0v) is 7.46. The van der Waals surface area contributed by atoms with Gasteiger partial charge in [-0.05, 0) is 32.4 Å². The lowest BCUT2D eigenvalue weighted by Crippen LogP contribution is -1.92. The molecule has 0 unspecified atom stereocenters. The van der Waals surface area contributed by atoms with E-state index in [-0.39, 0.29) is 0 Å². The van der Waals surface area contributed by atoms with E-state index in [0.29, 0.717) is 0 Å². The first kappa shape index (κ1) is 9.89. The zero-order chi connectivity index (χ0) is 8.69. The Morgan fingerprint density at radius 1 is 1.36 bits per heavy atom. The van der Waals surface area contributed by atoms with E-state index in [1.54, 1.807) is 12.3 Å². The second-order valence-electron chi connectivity index (χ2n) is 2.17. The Balaban J connectivity index is 4.52. The molecule has 1 heteroatoms. The van der Waals surface area contributed by atoms with Crippen LogP contribution in [0.3, 0.4) is 0 Å². The summed E-state index contributed by atoms with van der Waals surface area (Å²) in [6.45, 7) is 9.63. The molecule has 0 aliphatic carbocycles. The molecule has 0 aliphatic heterocycles. The maximum atomic E-state index is 4.18. The minimum absolute atomic E-state index is 0.936. The second kappa shape index (κ2) is 5.66. The van der Waals surface area contributed by atoms with Gasteiger partial charge >= 0.3 is 0 Å². The molecule has 0 bridgehead atoms. The summed E-state index contributed by atoms with van der Waals surface area (Å²) in [7, 11) is 0. The first-order chi connectivity index (χ1) is 5.26. The molecule has 1 nitrogen and oxygen atoms in total. The van der Waals surface area contributed by atoms with Crippen LogP contribution in [0.4, 0.5) is 0 Å². The van der Waals surface area contributed by atoms with Crippen molar-refractivity contribution in [2.45, 2.75) is 20.8 Å². The van der Waals surface area contributed by atoms with Crippen molar-refractivity contribution < 1.29 is 0 Å². The summed E-state index contributed by atoms with van der Waals surface area (Å²) >= 11 is 0. The Bertz CT molecular complexity index is 207. The molecule has 0 heterocycles. The Morgan fingerprint density at radius 2 is 2.00 bits per heavy atom. The lowest BCUT2D eigenvalue weighted by Gasteiger charge is -1.96. The van der Waals surface area contributed by atoms with Gasteiger partial charge in [-0.25, -0.2) is 0 Å². The maximum Gasteiger partial charge on any atom is 0.0649 e. The minimum Gasteiger partial charge on any atom is -0.257 e. The fourth-order valence-corrected chi connectivity index (χ4v) is 0.618. The van der Waals surface area contributed by atoms with E-state index in [9.17, 15) is 0 Å². The van der Waals surface area contributed by atoms with Crippen LogP contribution in [0.2, 0.25) is 0 Å². The predicted molar refractivity (Wildman–Crippen MR) is 51.9 cm³/mol. The average Bonchev–Trinajstić information content (AvgIpc) is 2.05. The quantitative estimate of drug-likeness (QED) is 0.547. The van der Waals surface area contributed by atoms with Gasteiger partial charge < -0.3 is 0 Å². The standard InChI is InChI=1S/C10H15N/c1-5-8-11-10(7-3)9(4)6-2/h5-8H,3H2,1-2,4H3/b8-5-,9-6+,11-10+. The third kappa shape index (κ3) is 3.56. The SMILES string of the molecule is C=CC(=N\C=C/C)/C(C)=C/C. The molecule has 0 saturated carbocycles. The lowest BCUT2D eigenvalue weighted by atomic mass is 10.2. The first-order valence-corrected chi connectivity index (χ1v) is 3.71. The van der Waals surface area contributed by atoms with E-state index in [1.807, 2.05) is 32.9 Å². The molecule has 0 aromatic heterocycles. The number of hydrogen-bond donors (Lipinski definition) is 0. The van der Waals surface area contributed by atoms with Crippen LogP contribution >= 0.6 is 0 Å². The molecule has 0 aromatic rings. The number of allylic oxidation sites excluding steroid dienone is 4. The van der Waals surface area contributed by atoms with E-state index in [0.717, 1.165) is 11.3 Å². The Hall–Kier alpha value is -1.11. The second-order valence-corrected chi connectivity index (χ2v) is 2.17. The molecule has 0 radical (unpaired) electrons. The third-order valence-electron chi connectivity index (χ3n) is 1.39. The summed E-state index contributed by atoms with van der Waals surface area (Å²) in [6.07, 6.45) is 7.44. The molecule has 0 rings (SSSR count). The molecule has 60 valence electrons. The molecule has 11 heavy (non-hydrogen) atoms. The molecule has 0 aromatic carbocycles. The molecule has 0 spiro atoms. The van der Waals surface area contributed by atoms with Crippen molar-refractivity contribution in [3.63, 3.8) is 0 Å². The van der Waals surface area contributed by atoms with Crippen LogP contribution in [0.25, 0.3) is 0 Å². The summed E-state index contributed by atoms with van der Waals surface area (Å²) in [5.41, 5.74) is 2.09. The van der Waals surface area contributed by atoms with Gasteiger partial charge in [0.15, 0.2) is 0 Å². The normalized spacial score (nSPS) is 14.1. The van der Waals surface area contributed by atoms with Crippen molar-refractivity contribution in [1.29, 1.82) is 0 Å². The number of nitrogens with zero attached hydrogens (tertiary/aromatic N) is 1. The van der Waals surface area contributed by atoms with Crippen LogP contribution in [0.5, 0.6) is 0 Å². The Morgan fingerprint density at radius 3 is 2.36 bits per heavy atom. The number of aliphatic imine (C=N–C) groups is 1. The van der Waals surface area contributed by atoms with Crippen molar-refractivity contribution in [3.05, 3.63) is 36.6 Å². The van der Waals surface area contributed by atoms with Gasteiger partial charge in [0.25, 0.3) is 0 Å². The molecule has 0 aliphatic rings. The van der Waals surface area contributed by atoms with Gasteiger partial charge in [0.2, 0.25) is 0 Å². The molecule has 0 amide bonds. The molecular weight excluding hydrogens is 134 g/mol. The van der Waals surface area contributed by atoms with Crippen LogP contribution in [0.1, 0.15) is 20.8 Å². The summed E-state index contributed by atoms with van der Waals surface area (Å²) in [4.78, 5) is 4.18. The van der Waals surface area contributed by atoms with Crippen molar-refractivity contribution in [3.8, 4) is 0 Å². The van der Waals surface area contributed by atoms with Gasteiger partial charge in [0, 0.05) is 6.20 Å². The Kier molecular flexibility index (Phi) is 5.09. The van der Waals surface area contributed by atoms with Crippen molar-refractivity contribution in [1.82, 2.24) is 0 Å². The average molecular weight is 149 g/mol. The first-order valence-electron chi connectivity index (χ1n) is 3.71. The molecule has 0 atom stereocenters. The van der Waals surface area contributed by atoms with Crippen LogP contribution in [-0.4, -0.2) is 5.71 Å². The summed E-state index contributed by atoms with van der Waals surface area (Å²) in [6, 6.07) is 0. The topological polar surface area (TPSA) is 12.4 Å². The van der Waals surface area contributed by atoms with Gasteiger partial charge in [-0.15, -0.1) is 0 Å². The van der Waals surface area contributed by atoms with E-state index in [4.69, 9.17) is 0 Å². The zero-order valence-electron chi connectivity index (χ0n) is 7.46. The van der Waals surface area contributed by atoms with E-state index < -0.39 is 0 Å². The van der Waals surface area contributed by atoms with E-state index in [2.05, 4.69) is 11.6 Å². The van der Waals surface area contributed by atoms with E-state index in [1.165, 1.54) is 0 Å². The van der Waals surface area contributed by atoms with Crippen LogP contribution in [-0.2, 0) is 0 Å². The number of hydrogen-bond acceptors (Lipinski definition) is 1. The van der Waals surface area contributed by atoms with E-state index >= 15 is 0 Å². The van der Waals surface area contributed by atoms with Crippen molar-refractivity contribution >= 4 is 5.71 Å². The molecule has 0 N–H and O–H groups in total. The molecular formula is C10H15N. The molecule has 0 saturated heterocycles. The lowest BCUT2D eigenvalue weighted by molar-refractivity contribution is 1.46. The third-order valence-corrected chi connectivity index (χ3v) is 1.39. The largest absolute Gasteiger partial charge is 0.257 e. The highest BCUT2D eigenvalue weighted by Crippen LogP contribution is 1.98. The van der Waals surface area contributed by atoms with Gasteiger partial charge in [0.05, 0.1) is 5.71 Å². The van der Waals surface area contributed by atoms with Crippen LogP contribution < -0.4 is 0 Å². The minimum atomic E-state index is 0.936. The van der Waals surface area contributed by atoms with Gasteiger partial charge in [0.1, 0.15) is 0 Å². The smallest absolute Gasteiger partial charge is 0.0649 e. The highest BCUT2D eigenvalue weighted by molar-refractivity contribution is 6.07. The van der Waals surface area contributed by atoms with Gasteiger partial charge in [-0.2, -0.15) is 0 Å². The Labute approximate surface area is 68.9 Å². The van der Waals surface area contributed by atoms with Crippen molar-refractivity contribution in [2.24, 2.45) is 4.99 Å².